The van der Waals surface area contributed by atoms with E-state index < -0.39 is 90.1 Å². The second kappa shape index (κ2) is 22.6. The van der Waals surface area contributed by atoms with E-state index in [0.29, 0.717) is 12.8 Å². The summed E-state index contributed by atoms with van der Waals surface area (Å²) < 4.78 is 21.7. The average molecular weight is 825 g/mol. The first-order valence-corrected chi connectivity index (χ1v) is 20.1. The van der Waals surface area contributed by atoms with Gasteiger partial charge in [0.15, 0.2) is 18.3 Å². The maximum atomic E-state index is 13.7. The lowest BCUT2D eigenvalue weighted by atomic mass is 9.98. The number of alkyl carbamates (subject to hydrolysis) is 1. The highest BCUT2D eigenvalue weighted by Crippen LogP contribution is 2.44. The average Bonchev–Trinajstić information content (AvgIpc) is 3.50. The molecule has 1 aliphatic carbocycles. The summed E-state index contributed by atoms with van der Waals surface area (Å²) >= 11 is 0. The molecule has 3 rings (SSSR count). The summed E-state index contributed by atoms with van der Waals surface area (Å²) in [4.78, 5) is 90.1. The largest absolute Gasteiger partial charge is 0.479 e. The Morgan fingerprint density at radius 2 is 1.19 bits per heavy atom. The van der Waals surface area contributed by atoms with Crippen LogP contribution in [0.5, 0.6) is 0 Å². The minimum absolute atomic E-state index is 0.0171. The smallest absolute Gasteiger partial charge is 0.407 e. The lowest BCUT2D eigenvalue weighted by molar-refractivity contribution is -0.167. The van der Waals surface area contributed by atoms with Gasteiger partial charge in [0.1, 0.15) is 24.7 Å². The number of likely N-dealkylation sites (N-methyl/N-ethyl adjacent to an activating group) is 1. The van der Waals surface area contributed by atoms with Crippen LogP contribution in [0.15, 0.2) is 48.5 Å². The number of fused-ring (bicyclic) bond motifs is 3. The molecule has 16 heteroatoms. The van der Waals surface area contributed by atoms with Crippen LogP contribution in [-0.2, 0) is 47.7 Å². The second-order valence-electron chi connectivity index (χ2n) is 15.6. The number of aliphatic carboxylic acids is 1. The molecule has 324 valence electrons. The topological polar surface area (TPSA) is 225 Å². The van der Waals surface area contributed by atoms with Crippen LogP contribution in [0.4, 0.5) is 4.79 Å². The van der Waals surface area contributed by atoms with Gasteiger partial charge in [-0.25, -0.2) is 19.2 Å². The van der Waals surface area contributed by atoms with Crippen LogP contribution < -0.4 is 21.3 Å². The van der Waals surface area contributed by atoms with Crippen molar-refractivity contribution in [1.82, 2.24) is 21.3 Å². The highest BCUT2D eigenvalue weighted by molar-refractivity contribution is 5.92. The van der Waals surface area contributed by atoms with E-state index in [-0.39, 0.29) is 31.4 Å². The van der Waals surface area contributed by atoms with Crippen LogP contribution in [0.1, 0.15) is 91.7 Å². The van der Waals surface area contributed by atoms with E-state index in [1.54, 1.807) is 34.7 Å². The summed E-state index contributed by atoms with van der Waals surface area (Å²) in [6, 6.07) is 12.7. The van der Waals surface area contributed by atoms with E-state index >= 15 is 0 Å². The number of carboxylic acids is 1. The molecule has 0 heterocycles. The van der Waals surface area contributed by atoms with Gasteiger partial charge in [-0.3, -0.25) is 14.4 Å². The number of unbranched alkanes of at least 4 members (excludes halogenated alkanes) is 1. The van der Waals surface area contributed by atoms with Gasteiger partial charge in [0.05, 0.1) is 0 Å². The Bertz CT molecular complexity index is 1750. The number of benzene rings is 2. The highest BCUT2D eigenvalue weighted by Gasteiger charge is 2.36. The Balaban J connectivity index is 1.66. The molecule has 0 bridgehead atoms. The lowest BCUT2D eigenvalue weighted by Crippen LogP contribution is -2.53. The molecule has 0 saturated heterocycles. The molecule has 2 aromatic carbocycles. The fourth-order valence-electron chi connectivity index (χ4n) is 6.61. The summed E-state index contributed by atoms with van der Waals surface area (Å²) in [5.74, 6) is -6.95. The summed E-state index contributed by atoms with van der Waals surface area (Å²) in [6.45, 7) is 13.0. The van der Waals surface area contributed by atoms with Gasteiger partial charge in [-0.05, 0) is 80.2 Å². The van der Waals surface area contributed by atoms with Gasteiger partial charge in [0, 0.05) is 12.5 Å². The Morgan fingerprint density at radius 1 is 0.644 bits per heavy atom. The number of hydrogen-bond acceptors (Lipinski definition) is 12. The third-order valence-corrected chi connectivity index (χ3v) is 9.99. The van der Waals surface area contributed by atoms with Crippen molar-refractivity contribution in [1.29, 1.82) is 0 Å². The van der Waals surface area contributed by atoms with Crippen molar-refractivity contribution in [2.45, 2.75) is 117 Å². The first-order valence-electron chi connectivity index (χ1n) is 20.1. The van der Waals surface area contributed by atoms with Crippen LogP contribution in [-0.4, -0.2) is 104 Å². The Hall–Kier alpha value is -5.51. The Labute approximate surface area is 345 Å². The second-order valence-corrected chi connectivity index (χ2v) is 15.6. The van der Waals surface area contributed by atoms with E-state index in [9.17, 15) is 33.6 Å². The summed E-state index contributed by atoms with van der Waals surface area (Å²) in [6.07, 6.45) is -4.11. The number of ether oxygens (including phenoxy) is 4. The molecule has 0 aromatic heterocycles. The zero-order chi connectivity index (χ0) is 44.0. The fraction of sp³-hybridized carbons (Fsp3) is 0.558. The van der Waals surface area contributed by atoms with Gasteiger partial charge in [-0.2, -0.15) is 0 Å². The van der Waals surface area contributed by atoms with Crippen LogP contribution in [0.25, 0.3) is 11.1 Å². The number of rotatable bonds is 22. The van der Waals surface area contributed by atoms with E-state index in [0.717, 1.165) is 22.3 Å². The SMILES string of the molecule is CNC(C(=O)OC(C)C(=O)NC(CCCCNC(=O)OCC1c2ccccc2-c2ccccc21)C(=O)OC(C(=O)NC(C(=O)OC(C)C(=O)O)C(C)C)C(C)C)C(C)C. The first kappa shape index (κ1) is 47.9. The molecule has 0 spiro atoms. The third-order valence-electron chi connectivity index (χ3n) is 9.99. The van der Waals surface area contributed by atoms with Crippen molar-refractivity contribution in [3.63, 3.8) is 0 Å². The van der Waals surface area contributed by atoms with Gasteiger partial charge in [0.25, 0.3) is 11.8 Å². The number of hydrogen-bond donors (Lipinski definition) is 5. The summed E-state index contributed by atoms with van der Waals surface area (Å²) in [5.41, 5.74) is 4.37. The molecule has 6 unspecified atom stereocenters. The molecule has 0 fully saturated rings. The monoisotopic (exact) mass is 824 g/mol. The first-order chi connectivity index (χ1) is 27.9. The number of esters is 3. The summed E-state index contributed by atoms with van der Waals surface area (Å²) in [5, 5.41) is 19.8. The van der Waals surface area contributed by atoms with Gasteiger partial charge in [-0.1, -0.05) is 90.1 Å². The fourth-order valence-corrected chi connectivity index (χ4v) is 6.61. The van der Waals surface area contributed by atoms with Crippen LogP contribution in [0, 0.1) is 17.8 Å². The molecule has 2 aromatic rings. The molecule has 6 atom stereocenters. The quantitative estimate of drug-likeness (QED) is 0.0642. The van der Waals surface area contributed by atoms with Crippen molar-refractivity contribution in [3.05, 3.63) is 59.7 Å². The van der Waals surface area contributed by atoms with Crippen molar-refractivity contribution in [3.8, 4) is 11.1 Å². The maximum Gasteiger partial charge on any atom is 0.407 e. The number of carbonyl (C=O) groups excluding carboxylic acids is 6. The minimum atomic E-state index is -1.46. The van der Waals surface area contributed by atoms with Gasteiger partial charge >= 0.3 is 30.0 Å². The standard InChI is InChI=1S/C43H60N4O12/c1-23(2)34(44-9)41(53)57-26(7)37(48)46-33(40(52)59-36(25(5)6)38(49)47-35(24(3)4)42(54)58-27(8)39(50)51)20-14-15-21-45-43(55)56-22-32-30-18-12-10-16-28(30)29-17-11-13-19-31(29)32/h10-13,16-19,23-27,32-36,44H,14-15,20-22H2,1-9H3,(H,45,55)(H,46,48)(H,47,49)(H,50,51). The van der Waals surface area contributed by atoms with E-state index in [1.165, 1.54) is 13.8 Å². The molecule has 1 aliphatic rings. The molecule has 0 aliphatic heterocycles. The van der Waals surface area contributed by atoms with Gasteiger partial charge < -0.3 is 45.3 Å². The number of amides is 3. The Morgan fingerprint density at radius 3 is 1.71 bits per heavy atom. The number of carboxylic acid groups (broad SMARTS) is 1. The molecule has 3 amide bonds. The van der Waals surface area contributed by atoms with Crippen molar-refractivity contribution in [2.75, 3.05) is 20.2 Å². The zero-order valence-corrected chi connectivity index (χ0v) is 35.4. The van der Waals surface area contributed by atoms with Crippen LogP contribution >= 0.6 is 0 Å². The van der Waals surface area contributed by atoms with Gasteiger partial charge in [-0.15, -0.1) is 0 Å². The van der Waals surface area contributed by atoms with Crippen LogP contribution in [0.2, 0.25) is 0 Å². The number of nitrogens with one attached hydrogen (secondary N) is 4. The van der Waals surface area contributed by atoms with Gasteiger partial charge in [0.2, 0.25) is 0 Å². The third kappa shape index (κ3) is 13.5. The predicted octanol–water partition coefficient (Wildman–Crippen LogP) is 4.08. The molecule has 59 heavy (non-hydrogen) atoms. The van der Waals surface area contributed by atoms with E-state index in [2.05, 4.69) is 21.3 Å². The zero-order valence-electron chi connectivity index (χ0n) is 35.4. The van der Waals surface area contributed by atoms with Crippen LogP contribution in [0.3, 0.4) is 0 Å². The molecular formula is C43H60N4O12. The van der Waals surface area contributed by atoms with E-state index in [4.69, 9.17) is 24.1 Å². The maximum absolute atomic E-state index is 13.7. The minimum Gasteiger partial charge on any atom is -0.479 e. The van der Waals surface area contributed by atoms with E-state index in [1.807, 2.05) is 62.4 Å². The molecular weight excluding hydrogens is 764 g/mol. The van der Waals surface area contributed by atoms with Crippen molar-refractivity contribution in [2.24, 2.45) is 17.8 Å². The predicted molar refractivity (Wildman–Crippen MR) is 217 cm³/mol. The molecule has 0 radical (unpaired) electrons. The Kier molecular flexibility index (Phi) is 18.3. The number of carbonyl (C=O) groups is 7. The summed E-state index contributed by atoms with van der Waals surface area (Å²) in [7, 11) is 1.59. The lowest BCUT2D eigenvalue weighted by Gasteiger charge is -2.28. The van der Waals surface area contributed by atoms with Crippen molar-refractivity contribution < 1.29 is 57.6 Å². The van der Waals surface area contributed by atoms with Crippen molar-refractivity contribution >= 4 is 41.8 Å². The highest BCUT2D eigenvalue weighted by atomic mass is 16.6. The normalized spacial score (nSPS) is 15.1. The molecule has 0 saturated carbocycles. The molecule has 16 nitrogen and oxygen atoms in total. The molecule has 5 N–H and O–H groups in total.